The lowest BCUT2D eigenvalue weighted by Crippen LogP contribution is -2.41. The summed E-state index contributed by atoms with van der Waals surface area (Å²) in [6.07, 6.45) is 0. The number of carbonyl (C=O) groups is 1. The summed E-state index contributed by atoms with van der Waals surface area (Å²) in [6, 6.07) is 2.94. The highest BCUT2D eigenvalue weighted by atomic mass is 16.7. The summed E-state index contributed by atoms with van der Waals surface area (Å²) >= 11 is 0. The molecule has 7 nitrogen and oxygen atoms in total. The van der Waals surface area contributed by atoms with Crippen molar-refractivity contribution < 1.29 is 19.2 Å². The van der Waals surface area contributed by atoms with E-state index in [0.29, 0.717) is 11.0 Å². The number of rotatable bonds is 3. The van der Waals surface area contributed by atoms with Gasteiger partial charge in [0.15, 0.2) is 0 Å². The molecule has 1 aromatic rings. The van der Waals surface area contributed by atoms with Crippen LogP contribution in [0.4, 0.5) is 5.69 Å². The first-order valence-electron chi connectivity index (χ1n) is 6.87. The van der Waals surface area contributed by atoms with E-state index in [1.165, 1.54) is 6.07 Å². The van der Waals surface area contributed by atoms with Gasteiger partial charge in [0.05, 0.1) is 16.8 Å². The highest BCUT2D eigenvalue weighted by Gasteiger charge is 2.52. The Hall–Kier alpha value is -2.02. The molecule has 0 aliphatic carbocycles. The van der Waals surface area contributed by atoms with Crippen molar-refractivity contribution in [2.45, 2.75) is 45.8 Å². The predicted molar refractivity (Wildman–Crippen MR) is 82.7 cm³/mol. The molecule has 1 heterocycles. The smallest absolute Gasteiger partial charge is 0.478 e. The number of hydrogen-bond donors (Lipinski definition) is 1. The van der Waals surface area contributed by atoms with Crippen molar-refractivity contribution in [2.24, 2.45) is 5.11 Å². The summed E-state index contributed by atoms with van der Waals surface area (Å²) in [5.41, 5.74) is 8.88. The van der Waals surface area contributed by atoms with Crippen molar-refractivity contribution in [3.05, 3.63) is 33.7 Å². The van der Waals surface area contributed by atoms with Gasteiger partial charge in [-0.05, 0) is 57.2 Å². The average molecular weight is 303 g/mol. The van der Waals surface area contributed by atoms with Crippen molar-refractivity contribution in [1.82, 2.24) is 0 Å². The summed E-state index contributed by atoms with van der Waals surface area (Å²) in [6.45, 7) is 9.34. The first-order valence-corrected chi connectivity index (χ1v) is 6.87. The van der Waals surface area contributed by atoms with Gasteiger partial charge < -0.3 is 14.4 Å². The largest absolute Gasteiger partial charge is 0.495 e. The zero-order chi connectivity index (χ0) is 16.7. The number of carboxylic acids is 1. The number of aromatic carboxylic acids is 1. The van der Waals surface area contributed by atoms with E-state index in [1.54, 1.807) is 13.0 Å². The second-order valence-electron chi connectivity index (χ2n) is 6.29. The summed E-state index contributed by atoms with van der Waals surface area (Å²) in [4.78, 5) is 14.1. The van der Waals surface area contributed by atoms with Crippen LogP contribution in [-0.4, -0.2) is 29.4 Å². The number of carboxylic acid groups (broad SMARTS) is 1. The van der Waals surface area contributed by atoms with Crippen LogP contribution in [0.5, 0.6) is 0 Å². The molecular weight excluding hydrogens is 285 g/mol. The number of azide groups is 1. The van der Waals surface area contributed by atoms with Crippen LogP contribution < -0.4 is 5.46 Å². The Labute approximate surface area is 129 Å². The Morgan fingerprint density at radius 1 is 1.27 bits per heavy atom. The molecule has 0 spiro atoms. The van der Waals surface area contributed by atoms with Gasteiger partial charge in [0.1, 0.15) is 0 Å². The third-order valence-corrected chi connectivity index (χ3v) is 4.33. The molecular formula is C14H18BN3O4. The van der Waals surface area contributed by atoms with Crippen molar-refractivity contribution in [1.29, 1.82) is 0 Å². The monoisotopic (exact) mass is 303 g/mol. The lowest BCUT2D eigenvalue weighted by atomic mass is 9.74. The highest BCUT2D eigenvalue weighted by Crippen LogP contribution is 2.37. The molecule has 0 bridgehead atoms. The molecule has 1 saturated heterocycles. The van der Waals surface area contributed by atoms with Gasteiger partial charge in [-0.2, -0.15) is 0 Å². The fourth-order valence-corrected chi connectivity index (χ4v) is 2.27. The number of benzene rings is 1. The van der Waals surface area contributed by atoms with E-state index in [9.17, 15) is 9.90 Å². The molecule has 1 fully saturated rings. The van der Waals surface area contributed by atoms with Gasteiger partial charge in [0.25, 0.3) is 0 Å². The summed E-state index contributed by atoms with van der Waals surface area (Å²) in [5.74, 6) is -1.09. The first kappa shape index (κ1) is 16.4. The maximum Gasteiger partial charge on any atom is 0.495 e. The normalized spacial score (nSPS) is 18.9. The molecule has 0 unspecified atom stereocenters. The highest BCUT2D eigenvalue weighted by molar-refractivity contribution is 6.63. The molecule has 22 heavy (non-hydrogen) atoms. The van der Waals surface area contributed by atoms with Crippen molar-refractivity contribution in [3.63, 3.8) is 0 Å². The Balaban J connectivity index is 2.56. The topological polar surface area (TPSA) is 105 Å². The molecule has 1 N–H and O–H groups in total. The van der Waals surface area contributed by atoms with Crippen LogP contribution in [0.2, 0.25) is 0 Å². The fourth-order valence-electron chi connectivity index (χ4n) is 2.27. The quantitative estimate of drug-likeness (QED) is 0.401. The molecule has 1 aliphatic rings. The Bertz CT molecular complexity index is 665. The second kappa shape index (κ2) is 5.32. The number of hydrogen-bond acceptors (Lipinski definition) is 4. The molecule has 0 atom stereocenters. The Kier molecular flexibility index (Phi) is 3.95. The maximum absolute atomic E-state index is 11.4. The van der Waals surface area contributed by atoms with Gasteiger partial charge in [-0.15, -0.1) is 0 Å². The van der Waals surface area contributed by atoms with Crippen LogP contribution in [0.3, 0.4) is 0 Å². The van der Waals surface area contributed by atoms with E-state index in [4.69, 9.17) is 14.8 Å². The molecule has 2 rings (SSSR count). The molecule has 1 aliphatic heterocycles. The average Bonchev–Trinajstić information content (AvgIpc) is 2.60. The zero-order valence-corrected chi connectivity index (χ0v) is 13.2. The molecule has 0 radical (unpaired) electrons. The van der Waals surface area contributed by atoms with Gasteiger partial charge in [-0.3, -0.25) is 0 Å². The summed E-state index contributed by atoms with van der Waals surface area (Å²) < 4.78 is 11.9. The molecule has 116 valence electrons. The number of nitrogens with zero attached hydrogens (tertiary/aromatic N) is 3. The van der Waals surface area contributed by atoms with E-state index >= 15 is 0 Å². The lowest BCUT2D eigenvalue weighted by Gasteiger charge is -2.32. The standard InChI is InChI=1S/C14H18BN3O4/c1-8-10(12(19)20)6-9(17-18-16)7-11(8)15-21-13(2,3)14(4,5)22-15/h6-7H,1-5H3,(H,19,20). The fraction of sp³-hybridized carbons (Fsp3) is 0.500. The summed E-state index contributed by atoms with van der Waals surface area (Å²) in [5, 5.41) is 12.8. The molecule has 0 amide bonds. The lowest BCUT2D eigenvalue weighted by molar-refractivity contribution is 0.00578. The van der Waals surface area contributed by atoms with Crippen molar-refractivity contribution in [2.75, 3.05) is 0 Å². The Morgan fingerprint density at radius 3 is 2.27 bits per heavy atom. The first-order chi connectivity index (χ1) is 10.1. The zero-order valence-electron chi connectivity index (χ0n) is 13.2. The van der Waals surface area contributed by atoms with Gasteiger partial charge in [0, 0.05) is 10.6 Å². The van der Waals surface area contributed by atoms with Crippen molar-refractivity contribution in [3.8, 4) is 0 Å². The van der Waals surface area contributed by atoms with Crippen LogP contribution in [0, 0.1) is 6.92 Å². The van der Waals surface area contributed by atoms with Crippen LogP contribution in [-0.2, 0) is 9.31 Å². The van der Waals surface area contributed by atoms with Crippen LogP contribution in [0.1, 0.15) is 43.6 Å². The van der Waals surface area contributed by atoms with E-state index in [0.717, 1.165) is 0 Å². The van der Waals surface area contributed by atoms with E-state index < -0.39 is 24.3 Å². The third-order valence-electron chi connectivity index (χ3n) is 4.33. The van der Waals surface area contributed by atoms with Gasteiger partial charge in [-0.25, -0.2) is 4.79 Å². The van der Waals surface area contributed by atoms with E-state index in [-0.39, 0.29) is 11.3 Å². The van der Waals surface area contributed by atoms with Crippen LogP contribution in [0.25, 0.3) is 10.4 Å². The van der Waals surface area contributed by atoms with Crippen LogP contribution in [0.15, 0.2) is 17.2 Å². The van der Waals surface area contributed by atoms with Crippen LogP contribution >= 0.6 is 0 Å². The minimum absolute atomic E-state index is 0.0645. The minimum atomic E-state index is -1.09. The third kappa shape index (κ3) is 2.68. The van der Waals surface area contributed by atoms with E-state index in [2.05, 4.69) is 10.0 Å². The minimum Gasteiger partial charge on any atom is -0.478 e. The SMILES string of the molecule is Cc1c(B2OC(C)(C)C(C)(C)O2)cc(N=[N+]=[N-])cc1C(=O)O. The molecule has 0 aromatic heterocycles. The summed E-state index contributed by atoms with van der Waals surface area (Å²) in [7, 11) is -0.711. The molecule has 1 aromatic carbocycles. The second-order valence-corrected chi connectivity index (χ2v) is 6.29. The predicted octanol–water partition coefficient (Wildman–Crippen LogP) is 2.93. The maximum atomic E-state index is 11.4. The van der Waals surface area contributed by atoms with Gasteiger partial charge >= 0.3 is 13.1 Å². The van der Waals surface area contributed by atoms with Gasteiger partial charge in [-0.1, -0.05) is 11.2 Å². The van der Waals surface area contributed by atoms with Crippen molar-refractivity contribution >= 4 is 24.2 Å². The van der Waals surface area contributed by atoms with E-state index in [1.807, 2.05) is 27.7 Å². The molecule has 0 saturated carbocycles. The Morgan fingerprint density at radius 2 is 1.82 bits per heavy atom. The van der Waals surface area contributed by atoms with Gasteiger partial charge in [0.2, 0.25) is 0 Å². The molecule has 8 heteroatoms.